The summed E-state index contributed by atoms with van der Waals surface area (Å²) in [6.45, 7) is 1.64. The average Bonchev–Trinajstić information content (AvgIpc) is 3.68. The van der Waals surface area contributed by atoms with Gasteiger partial charge in [0, 0.05) is 49.7 Å². The molecule has 2 amide bonds. The van der Waals surface area contributed by atoms with Gasteiger partial charge in [0.25, 0.3) is 11.8 Å². The van der Waals surface area contributed by atoms with E-state index in [9.17, 15) is 24.8 Å². The van der Waals surface area contributed by atoms with Crippen LogP contribution in [0.15, 0.2) is 35.5 Å². The first-order valence-corrected chi connectivity index (χ1v) is 14.7. The summed E-state index contributed by atoms with van der Waals surface area (Å²) in [7, 11) is 3.93. The van der Waals surface area contributed by atoms with E-state index in [0.717, 1.165) is 17.3 Å². The van der Waals surface area contributed by atoms with Gasteiger partial charge < -0.3 is 30.4 Å². The van der Waals surface area contributed by atoms with Crippen molar-refractivity contribution in [2.24, 2.45) is 4.99 Å². The molecule has 0 radical (unpaired) electrons. The molecule has 0 saturated carbocycles. The van der Waals surface area contributed by atoms with E-state index in [4.69, 9.17) is 23.2 Å². The quantitative estimate of drug-likeness (QED) is 0.172. The zero-order chi connectivity index (χ0) is 31.5. The molecule has 2 atom stereocenters. The Morgan fingerprint density at radius 1 is 1.25 bits per heavy atom. The first kappa shape index (κ1) is 31.1. The van der Waals surface area contributed by atoms with Gasteiger partial charge in [-0.1, -0.05) is 29.3 Å². The number of amides is 2. The maximum absolute atomic E-state index is 13.3. The third kappa shape index (κ3) is 6.42. The molecule has 0 bridgehead atoms. The molecule has 2 aliphatic heterocycles. The number of rotatable bonds is 7. The third-order valence-corrected chi connectivity index (χ3v) is 8.74. The van der Waals surface area contributed by atoms with Gasteiger partial charge >= 0.3 is 5.97 Å². The Kier molecular flexibility index (Phi) is 9.24. The van der Waals surface area contributed by atoms with E-state index in [-0.39, 0.29) is 46.6 Å². The molecular formula is C29H31Cl2N9O4. The van der Waals surface area contributed by atoms with Crippen molar-refractivity contribution in [3.8, 4) is 6.19 Å². The molecular weight excluding hydrogens is 609 g/mol. The lowest BCUT2D eigenvalue weighted by molar-refractivity contribution is -0.139. The fourth-order valence-corrected chi connectivity index (χ4v) is 6.30. The van der Waals surface area contributed by atoms with Crippen LogP contribution in [0, 0.1) is 11.5 Å². The van der Waals surface area contributed by atoms with Crippen molar-refractivity contribution >= 4 is 57.8 Å². The number of likely N-dealkylation sites (tertiary alicyclic amines) is 1. The highest BCUT2D eigenvalue weighted by atomic mass is 35.5. The Morgan fingerprint density at radius 2 is 2.05 bits per heavy atom. The smallest absolute Gasteiger partial charge is 0.328 e. The van der Waals surface area contributed by atoms with E-state index in [1.165, 1.54) is 0 Å². The van der Waals surface area contributed by atoms with Crippen molar-refractivity contribution in [2.45, 2.75) is 31.5 Å². The fraction of sp³-hybridized carbons (Fsp3) is 0.379. The van der Waals surface area contributed by atoms with Gasteiger partial charge in [-0.05, 0) is 56.3 Å². The van der Waals surface area contributed by atoms with Crippen molar-refractivity contribution in [3.05, 3.63) is 62.8 Å². The van der Waals surface area contributed by atoms with Crippen LogP contribution in [0.5, 0.6) is 0 Å². The van der Waals surface area contributed by atoms with Crippen LogP contribution in [-0.4, -0.2) is 106 Å². The predicted octanol–water partition coefficient (Wildman–Crippen LogP) is 2.31. The van der Waals surface area contributed by atoms with Crippen molar-refractivity contribution < 1.29 is 19.5 Å². The molecule has 2 aromatic carbocycles. The summed E-state index contributed by atoms with van der Waals surface area (Å²) in [5.74, 6) is -1.97. The number of guanidine groups is 1. The van der Waals surface area contributed by atoms with Crippen molar-refractivity contribution in [1.29, 1.82) is 5.26 Å². The number of benzene rings is 2. The second kappa shape index (κ2) is 13.1. The molecule has 3 aromatic rings. The van der Waals surface area contributed by atoms with E-state index in [2.05, 4.69) is 30.7 Å². The Hall–Kier alpha value is -4.38. The summed E-state index contributed by atoms with van der Waals surface area (Å²) in [5, 5.41) is 32.3. The number of carboxylic acids is 1. The van der Waals surface area contributed by atoms with E-state index in [1.807, 2.05) is 25.1 Å². The molecule has 0 unspecified atom stereocenters. The van der Waals surface area contributed by atoms with Gasteiger partial charge in [-0.25, -0.2) is 4.79 Å². The molecule has 2 aliphatic rings. The van der Waals surface area contributed by atoms with Crippen LogP contribution in [0.1, 0.15) is 38.3 Å². The lowest BCUT2D eigenvalue weighted by Crippen LogP contribution is -2.51. The van der Waals surface area contributed by atoms with Crippen LogP contribution in [0.4, 0.5) is 0 Å². The van der Waals surface area contributed by atoms with Crippen molar-refractivity contribution in [1.82, 2.24) is 35.5 Å². The molecule has 1 fully saturated rings. The van der Waals surface area contributed by atoms with Crippen LogP contribution in [0.3, 0.4) is 0 Å². The van der Waals surface area contributed by atoms with Gasteiger partial charge in [-0.3, -0.25) is 14.7 Å². The number of aromatic nitrogens is 2. The van der Waals surface area contributed by atoms with Gasteiger partial charge in [0.1, 0.15) is 6.04 Å². The lowest BCUT2D eigenvalue weighted by Gasteiger charge is -2.30. The van der Waals surface area contributed by atoms with Crippen LogP contribution >= 0.6 is 23.2 Å². The molecule has 5 rings (SSSR count). The Balaban J connectivity index is 1.27. The van der Waals surface area contributed by atoms with E-state index >= 15 is 0 Å². The van der Waals surface area contributed by atoms with E-state index < -0.39 is 17.9 Å². The van der Waals surface area contributed by atoms with Crippen LogP contribution in [0.25, 0.3) is 10.9 Å². The molecule has 15 heteroatoms. The predicted molar refractivity (Wildman–Crippen MR) is 165 cm³/mol. The minimum atomic E-state index is -1.37. The second-order valence-electron chi connectivity index (χ2n) is 11.0. The second-order valence-corrected chi connectivity index (χ2v) is 11.8. The number of nitrogens with zero attached hydrogens (tertiary/aromatic N) is 6. The maximum Gasteiger partial charge on any atom is 0.328 e. The van der Waals surface area contributed by atoms with Crippen LogP contribution in [-0.2, 0) is 17.8 Å². The van der Waals surface area contributed by atoms with E-state index in [1.54, 1.807) is 35.5 Å². The number of carbonyl (C=O) groups excluding carboxylic acids is 2. The number of nitriles is 1. The highest BCUT2D eigenvalue weighted by Gasteiger charge is 2.31. The Bertz CT molecular complexity index is 1680. The highest BCUT2D eigenvalue weighted by molar-refractivity contribution is 6.40. The van der Waals surface area contributed by atoms with Gasteiger partial charge in [0.05, 0.1) is 27.3 Å². The van der Waals surface area contributed by atoms with Crippen LogP contribution in [0.2, 0.25) is 10.0 Å². The van der Waals surface area contributed by atoms with Gasteiger partial charge in [-0.15, -0.1) is 4.99 Å². The number of likely N-dealkylation sites (N-methyl/N-ethyl adjacent to an activating group) is 1. The number of hydrogen-bond acceptors (Lipinski definition) is 7. The number of aliphatic imine (C=N–C) groups is 1. The summed E-state index contributed by atoms with van der Waals surface area (Å²) < 4.78 is 0. The first-order chi connectivity index (χ1) is 21.1. The zero-order valence-corrected chi connectivity index (χ0v) is 25.6. The summed E-state index contributed by atoms with van der Waals surface area (Å²) in [6.07, 6.45) is 4.67. The summed E-state index contributed by atoms with van der Waals surface area (Å²) in [6, 6.07) is 5.81. The number of carbonyl (C=O) groups is 3. The SMILES string of the molecule is CN(C)[C@H]1CCN(/C(=N/C#N)NC[C@H](NC(=O)c2c(Cl)cc3c(c2Cl)CCN(C(=O)c2ccc4cn[nH]c4c2)C3)C(=O)O)C1. The minimum absolute atomic E-state index is 0.0371. The molecule has 0 spiro atoms. The van der Waals surface area contributed by atoms with Gasteiger partial charge in [0.2, 0.25) is 12.2 Å². The van der Waals surface area contributed by atoms with Crippen molar-refractivity contribution in [2.75, 3.05) is 40.3 Å². The number of halogens is 2. The fourth-order valence-electron chi connectivity index (χ4n) is 5.53. The van der Waals surface area contributed by atoms with E-state index in [0.29, 0.717) is 42.7 Å². The monoisotopic (exact) mass is 639 g/mol. The number of fused-ring (bicyclic) bond motifs is 2. The third-order valence-electron chi connectivity index (χ3n) is 8.02. The lowest BCUT2D eigenvalue weighted by atomic mass is 9.96. The van der Waals surface area contributed by atoms with Gasteiger partial charge in [0.15, 0.2) is 0 Å². The number of aliphatic carboxylic acids is 1. The average molecular weight is 641 g/mol. The maximum atomic E-state index is 13.3. The number of aromatic amines is 1. The number of carboxylic acid groups (broad SMARTS) is 1. The standard InChI is InChI=1S/C29H31Cl2N9O4/c1-38(2)19-5-7-40(14-19)29(34-15-32)33-12-23(28(43)44)36-26(41)24-21(30)9-18-13-39(8-6-20(18)25(24)31)27(42)16-3-4-17-11-35-37-22(17)10-16/h3-4,9-11,19,23H,5-8,12-14H2,1-2H3,(H,33,34)(H,35,37)(H,36,41)(H,43,44)/t19-,23-/m0/s1. The summed E-state index contributed by atoms with van der Waals surface area (Å²) >= 11 is 13.2. The number of H-pyrrole nitrogens is 1. The molecule has 4 N–H and O–H groups in total. The minimum Gasteiger partial charge on any atom is -0.480 e. The normalized spacial score (nSPS) is 17.4. The zero-order valence-electron chi connectivity index (χ0n) is 24.1. The number of nitrogens with one attached hydrogen (secondary N) is 3. The summed E-state index contributed by atoms with van der Waals surface area (Å²) in [5.41, 5.74) is 2.60. The Labute approximate surface area is 263 Å². The first-order valence-electron chi connectivity index (χ1n) is 13.9. The molecule has 44 heavy (non-hydrogen) atoms. The van der Waals surface area contributed by atoms with Gasteiger partial charge in [-0.2, -0.15) is 10.4 Å². The highest BCUT2D eigenvalue weighted by Crippen LogP contribution is 2.35. The molecule has 13 nitrogen and oxygen atoms in total. The topological polar surface area (TPSA) is 170 Å². The van der Waals surface area contributed by atoms with Crippen molar-refractivity contribution in [3.63, 3.8) is 0 Å². The molecule has 0 aliphatic carbocycles. The summed E-state index contributed by atoms with van der Waals surface area (Å²) in [4.78, 5) is 48.1. The largest absolute Gasteiger partial charge is 0.480 e. The molecule has 1 saturated heterocycles. The molecule has 3 heterocycles. The number of hydrogen-bond donors (Lipinski definition) is 4. The molecule has 230 valence electrons. The Morgan fingerprint density at radius 3 is 2.75 bits per heavy atom. The molecule has 1 aromatic heterocycles. The van der Waals surface area contributed by atoms with Crippen LogP contribution < -0.4 is 10.6 Å².